The molecule has 2 aliphatic rings. The number of hydrogen-bond donors (Lipinski definition) is 1. The second kappa shape index (κ2) is 5.57. The molecule has 1 N–H and O–H groups in total. The second-order valence-corrected chi connectivity index (χ2v) is 6.14. The van der Waals surface area contributed by atoms with Gasteiger partial charge in [0.1, 0.15) is 5.82 Å². The summed E-state index contributed by atoms with van der Waals surface area (Å²) in [5, 5.41) is 3.99. The van der Waals surface area contributed by atoms with Gasteiger partial charge in [0.25, 0.3) is 0 Å². The number of benzene rings is 1. The summed E-state index contributed by atoms with van der Waals surface area (Å²) in [5.41, 5.74) is 0.596. The van der Waals surface area contributed by atoms with Crippen LogP contribution in [-0.4, -0.2) is 31.1 Å². The van der Waals surface area contributed by atoms with E-state index in [1.807, 2.05) is 0 Å². The van der Waals surface area contributed by atoms with Gasteiger partial charge in [0.15, 0.2) is 0 Å². The van der Waals surface area contributed by atoms with Crippen LogP contribution in [0.5, 0.6) is 0 Å². The molecule has 1 aromatic carbocycles. The second-order valence-electron chi connectivity index (χ2n) is 5.33. The Morgan fingerprint density at radius 1 is 1.16 bits per heavy atom. The van der Waals surface area contributed by atoms with Crippen LogP contribution in [0.15, 0.2) is 12.1 Å². The molecule has 104 valence electrons. The maximum absolute atomic E-state index is 14.4. The van der Waals surface area contributed by atoms with E-state index in [4.69, 9.17) is 23.2 Å². The van der Waals surface area contributed by atoms with Crippen LogP contribution in [0.3, 0.4) is 0 Å². The van der Waals surface area contributed by atoms with E-state index in [0.29, 0.717) is 16.5 Å². The lowest BCUT2D eigenvalue weighted by atomic mass is 9.99. The fourth-order valence-electron chi connectivity index (χ4n) is 2.90. The summed E-state index contributed by atoms with van der Waals surface area (Å²) in [6.07, 6.45) is 2.30. The average molecular weight is 303 g/mol. The fourth-order valence-corrected chi connectivity index (χ4v) is 3.33. The minimum Gasteiger partial charge on any atom is -0.314 e. The summed E-state index contributed by atoms with van der Waals surface area (Å²) < 4.78 is 14.4. The normalized spacial score (nSPS) is 22.5. The van der Waals surface area contributed by atoms with E-state index in [1.165, 1.54) is 6.07 Å². The van der Waals surface area contributed by atoms with Crippen LogP contribution < -0.4 is 5.32 Å². The van der Waals surface area contributed by atoms with Crippen molar-refractivity contribution in [2.24, 2.45) is 5.92 Å². The summed E-state index contributed by atoms with van der Waals surface area (Å²) in [7, 11) is 0. The highest BCUT2D eigenvalue weighted by Crippen LogP contribution is 2.47. The van der Waals surface area contributed by atoms with Crippen LogP contribution in [0.4, 0.5) is 4.39 Å². The van der Waals surface area contributed by atoms with Crippen molar-refractivity contribution in [3.05, 3.63) is 33.6 Å². The number of rotatable bonds is 3. The van der Waals surface area contributed by atoms with E-state index < -0.39 is 0 Å². The first-order valence-corrected chi connectivity index (χ1v) is 7.52. The van der Waals surface area contributed by atoms with Gasteiger partial charge >= 0.3 is 0 Å². The Labute approximate surface area is 122 Å². The fraction of sp³-hybridized carbons (Fsp3) is 0.571. The molecule has 0 aromatic heterocycles. The zero-order valence-electron chi connectivity index (χ0n) is 10.6. The smallest absolute Gasteiger partial charge is 0.148 e. The van der Waals surface area contributed by atoms with Crippen LogP contribution in [0.2, 0.25) is 10.0 Å². The van der Waals surface area contributed by atoms with Crippen LogP contribution in [-0.2, 0) is 0 Å². The Bertz CT molecular complexity index is 471. The molecule has 0 bridgehead atoms. The lowest BCUT2D eigenvalue weighted by molar-refractivity contribution is 0.153. The van der Waals surface area contributed by atoms with Gasteiger partial charge in [-0.15, -0.1) is 0 Å². The zero-order valence-corrected chi connectivity index (χ0v) is 12.1. The quantitative estimate of drug-likeness (QED) is 0.860. The van der Waals surface area contributed by atoms with Gasteiger partial charge < -0.3 is 5.32 Å². The highest BCUT2D eigenvalue weighted by molar-refractivity contribution is 6.33. The molecular formula is C14H17Cl2FN2. The predicted molar refractivity (Wildman–Crippen MR) is 76.3 cm³/mol. The molecule has 3 rings (SSSR count). The topological polar surface area (TPSA) is 15.3 Å². The summed E-state index contributed by atoms with van der Waals surface area (Å²) in [4.78, 5) is 2.34. The molecule has 0 unspecified atom stereocenters. The van der Waals surface area contributed by atoms with Crippen molar-refractivity contribution in [3.8, 4) is 0 Å². The van der Waals surface area contributed by atoms with E-state index >= 15 is 0 Å². The molecule has 2 fully saturated rings. The molecule has 1 aromatic rings. The summed E-state index contributed by atoms with van der Waals surface area (Å²) >= 11 is 12.2. The SMILES string of the molecule is Fc1c(Cl)ccc(Cl)c1[C@H](C1CC1)N1CCNCC1. The molecule has 1 saturated carbocycles. The lowest BCUT2D eigenvalue weighted by Gasteiger charge is -2.36. The number of hydrogen-bond acceptors (Lipinski definition) is 2. The minimum absolute atomic E-state index is 0.0771. The standard InChI is InChI=1S/C14H17Cl2FN2/c15-10-3-4-11(16)13(17)12(10)14(9-1-2-9)19-7-5-18-6-8-19/h3-4,9,14,18H,1-2,5-8H2/t14-/m0/s1. The molecule has 1 aliphatic heterocycles. The Kier molecular flexibility index (Phi) is 3.99. The Hall–Kier alpha value is -0.350. The third kappa shape index (κ3) is 2.75. The minimum atomic E-state index is -0.343. The van der Waals surface area contributed by atoms with Crippen molar-refractivity contribution in [2.75, 3.05) is 26.2 Å². The molecule has 0 amide bonds. The van der Waals surface area contributed by atoms with Gasteiger partial charge in [-0.3, -0.25) is 4.90 Å². The Morgan fingerprint density at radius 2 is 1.79 bits per heavy atom. The van der Waals surface area contributed by atoms with E-state index in [2.05, 4.69) is 10.2 Å². The number of nitrogens with one attached hydrogen (secondary N) is 1. The third-order valence-corrected chi connectivity index (χ3v) is 4.61. The summed E-state index contributed by atoms with van der Waals surface area (Å²) in [6, 6.07) is 3.32. The first-order chi connectivity index (χ1) is 9.18. The third-order valence-electron chi connectivity index (χ3n) is 3.99. The van der Waals surface area contributed by atoms with Crippen LogP contribution in [0.25, 0.3) is 0 Å². The van der Waals surface area contributed by atoms with Crippen molar-refractivity contribution in [1.29, 1.82) is 0 Å². The van der Waals surface area contributed by atoms with Gasteiger partial charge in [-0.2, -0.15) is 0 Å². The van der Waals surface area contributed by atoms with Crippen molar-refractivity contribution < 1.29 is 4.39 Å². The van der Waals surface area contributed by atoms with Gasteiger partial charge in [-0.1, -0.05) is 23.2 Å². The zero-order chi connectivity index (χ0) is 13.4. The Balaban J connectivity index is 1.97. The van der Waals surface area contributed by atoms with Gasteiger partial charge in [0.05, 0.1) is 5.02 Å². The summed E-state index contributed by atoms with van der Waals surface area (Å²) in [5.74, 6) is 0.174. The number of piperazine rings is 1. The largest absolute Gasteiger partial charge is 0.314 e. The Morgan fingerprint density at radius 3 is 2.42 bits per heavy atom. The molecule has 19 heavy (non-hydrogen) atoms. The van der Waals surface area contributed by atoms with Crippen molar-refractivity contribution >= 4 is 23.2 Å². The van der Waals surface area contributed by atoms with E-state index in [1.54, 1.807) is 6.07 Å². The van der Waals surface area contributed by atoms with E-state index in [9.17, 15) is 4.39 Å². The molecule has 2 nitrogen and oxygen atoms in total. The number of halogens is 3. The predicted octanol–water partition coefficient (Wildman–Crippen LogP) is 3.49. The first kappa shape index (κ1) is 13.6. The van der Waals surface area contributed by atoms with Crippen LogP contribution in [0, 0.1) is 11.7 Å². The monoisotopic (exact) mass is 302 g/mol. The number of nitrogens with zero attached hydrogens (tertiary/aromatic N) is 1. The average Bonchev–Trinajstić information content (AvgIpc) is 3.24. The summed E-state index contributed by atoms with van der Waals surface area (Å²) in [6.45, 7) is 3.76. The molecule has 1 saturated heterocycles. The van der Waals surface area contributed by atoms with E-state index in [0.717, 1.165) is 39.0 Å². The van der Waals surface area contributed by atoms with Crippen molar-refractivity contribution in [3.63, 3.8) is 0 Å². The van der Waals surface area contributed by atoms with Crippen molar-refractivity contribution in [1.82, 2.24) is 10.2 Å². The van der Waals surface area contributed by atoms with Gasteiger partial charge in [0.2, 0.25) is 0 Å². The molecule has 1 heterocycles. The highest BCUT2D eigenvalue weighted by Gasteiger charge is 2.39. The maximum atomic E-state index is 14.4. The maximum Gasteiger partial charge on any atom is 0.148 e. The first-order valence-electron chi connectivity index (χ1n) is 6.76. The highest BCUT2D eigenvalue weighted by atomic mass is 35.5. The van der Waals surface area contributed by atoms with Crippen LogP contribution >= 0.6 is 23.2 Å². The molecule has 5 heteroatoms. The molecule has 0 spiro atoms. The van der Waals surface area contributed by atoms with Gasteiger partial charge in [-0.05, 0) is 30.9 Å². The van der Waals surface area contributed by atoms with Gasteiger partial charge in [-0.25, -0.2) is 4.39 Å². The molecule has 1 aliphatic carbocycles. The van der Waals surface area contributed by atoms with E-state index in [-0.39, 0.29) is 16.9 Å². The molecule has 0 radical (unpaired) electrons. The molecule has 1 atom stereocenters. The molecular weight excluding hydrogens is 286 g/mol. The van der Waals surface area contributed by atoms with Crippen molar-refractivity contribution in [2.45, 2.75) is 18.9 Å². The van der Waals surface area contributed by atoms with Gasteiger partial charge in [0, 0.05) is 42.8 Å². The lowest BCUT2D eigenvalue weighted by Crippen LogP contribution is -2.46. The van der Waals surface area contributed by atoms with Crippen LogP contribution in [0.1, 0.15) is 24.4 Å².